The summed E-state index contributed by atoms with van der Waals surface area (Å²) in [7, 11) is -1.57. The van der Waals surface area contributed by atoms with Crippen molar-refractivity contribution in [3.05, 3.63) is 0 Å². The van der Waals surface area contributed by atoms with Gasteiger partial charge in [0.05, 0.1) is 6.54 Å². The van der Waals surface area contributed by atoms with Crippen molar-refractivity contribution in [2.75, 3.05) is 32.9 Å². The van der Waals surface area contributed by atoms with Gasteiger partial charge in [-0.15, -0.1) is 0 Å². The van der Waals surface area contributed by atoms with Gasteiger partial charge < -0.3 is 4.90 Å². The van der Waals surface area contributed by atoms with E-state index in [4.69, 9.17) is 0 Å². The zero-order chi connectivity index (χ0) is 25.3. The second-order valence-electron chi connectivity index (χ2n) is 6.73. The van der Waals surface area contributed by atoms with E-state index in [0.29, 0.717) is 11.3 Å². The van der Waals surface area contributed by atoms with Crippen LogP contribution in [0.25, 0.3) is 0 Å². The number of primary sulfonamides is 1. The Hall–Kier alpha value is -1.04. The predicted molar refractivity (Wildman–Crippen MR) is 79.2 cm³/mol. The lowest BCUT2D eigenvalue weighted by atomic mass is 9.93. The molecule has 0 aliphatic carbocycles. The maximum atomic E-state index is 13.6. The fourth-order valence-electron chi connectivity index (χ4n) is 1.98. The highest BCUT2D eigenvalue weighted by molar-refractivity contribution is 7.84. The van der Waals surface area contributed by atoms with Gasteiger partial charge in [0.25, 0.3) is 10.0 Å². The van der Waals surface area contributed by atoms with Crippen LogP contribution in [0.2, 0.25) is 0 Å². The molecule has 0 aromatic carbocycles. The molecule has 0 aliphatic rings. The summed E-state index contributed by atoms with van der Waals surface area (Å²) >= 11 is 0. The first kappa shape index (κ1) is 30.0. The fourth-order valence-corrected chi connectivity index (χ4v) is 3.22. The van der Waals surface area contributed by atoms with Gasteiger partial charge >= 0.3 is 35.8 Å². The SMILES string of the molecule is CN(C)CCC[NH2+]S(=O)(=O)CCC(F)(F)C(F)(F)C(F)(F)C(F)(F)C(F)(F)C(F)(F)F. The van der Waals surface area contributed by atoms with Crippen LogP contribution in [-0.2, 0) is 10.0 Å². The summed E-state index contributed by atoms with van der Waals surface area (Å²) in [6.45, 7) is 0.00346. The third-order valence-electron chi connectivity index (χ3n) is 3.88. The van der Waals surface area contributed by atoms with Gasteiger partial charge in [-0.25, -0.2) is 4.72 Å². The van der Waals surface area contributed by atoms with Crippen molar-refractivity contribution < 1.29 is 70.2 Å². The van der Waals surface area contributed by atoms with E-state index in [9.17, 15) is 65.5 Å². The fraction of sp³-hybridized carbons (Fsp3) is 1.00. The minimum Gasteiger partial charge on any atom is -0.309 e. The van der Waals surface area contributed by atoms with Crippen molar-refractivity contribution in [3.8, 4) is 0 Å². The Kier molecular flexibility index (Phi) is 8.77. The normalized spacial score (nSPS) is 15.6. The number of rotatable bonds is 12. The van der Waals surface area contributed by atoms with Crippen LogP contribution in [0.4, 0.5) is 57.1 Å². The van der Waals surface area contributed by atoms with Crippen LogP contribution in [0.3, 0.4) is 0 Å². The average molecular weight is 513 g/mol. The number of quaternary nitrogens is 1. The molecular weight excluding hydrogens is 495 g/mol. The van der Waals surface area contributed by atoms with E-state index in [0.717, 1.165) is 0 Å². The minimum atomic E-state index is -8.00. The standard InChI is InChI=1S/C13H17F13N2O2S/c1-28(2)6-3-5-27-31(29,30)7-4-8(14,15)9(16,17)10(18,19)11(20,21)12(22,23)13(24,25)26/h27H,3-7H2,1-2H3/p+1. The summed E-state index contributed by atoms with van der Waals surface area (Å²) in [6, 6.07) is 0. The largest absolute Gasteiger partial charge is 0.460 e. The second-order valence-corrected chi connectivity index (χ2v) is 8.80. The van der Waals surface area contributed by atoms with Crippen LogP contribution < -0.4 is 4.72 Å². The Morgan fingerprint density at radius 1 is 0.710 bits per heavy atom. The van der Waals surface area contributed by atoms with E-state index >= 15 is 0 Å². The smallest absolute Gasteiger partial charge is 0.309 e. The first-order valence-corrected chi connectivity index (χ1v) is 9.75. The van der Waals surface area contributed by atoms with Crippen LogP contribution in [0.1, 0.15) is 12.8 Å². The number of sulfonamides is 1. The lowest BCUT2D eigenvalue weighted by Crippen LogP contribution is -2.88. The first-order valence-electron chi connectivity index (χ1n) is 8.04. The molecule has 188 valence electrons. The van der Waals surface area contributed by atoms with Crippen LogP contribution in [0.5, 0.6) is 0 Å². The molecule has 2 N–H and O–H groups in total. The second kappa shape index (κ2) is 9.07. The first-order chi connectivity index (χ1) is 13.4. The Balaban J connectivity index is 5.63. The van der Waals surface area contributed by atoms with Crippen molar-refractivity contribution in [2.45, 2.75) is 48.6 Å². The Morgan fingerprint density at radius 3 is 1.52 bits per heavy atom. The summed E-state index contributed by atoms with van der Waals surface area (Å²) in [5.74, 6) is -39.6. The van der Waals surface area contributed by atoms with E-state index in [1.54, 1.807) is 19.0 Å². The topological polar surface area (TPSA) is 54.0 Å². The van der Waals surface area contributed by atoms with E-state index in [-0.39, 0.29) is 13.0 Å². The molecule has 0 aromatic rings. The summed E-state index contributed by atoms with van der Waals surface area (Å²) < 4.78 is 192. The minimum absolute atomic E-state index is 0.135. The van der Waals surface area contributed by atoms with E-state index in [1.165, 1.54) is 0 Å². The van der Waals surface area contributed by atoms with Crippen LogP contribution in [-0.4, -0.2) is 82.0 Å². The Labute approximate surface area is 167 Å². The molecule has 0 bridgehead atoms. The number of hydrogen-bond donors (Lipinski definition) is 1. The predicted octanol–water partition coefficient (Wildman–Crippen LogP) is 2.96. The lowest BCUT2D eigenvalue weighted by molar-refractivity contribution is -0.497. The van der Waals surface area contributed by atoms with E-state index in [1.807, 2.05) is 0 Å². The number of hydrogen-bond acceptors (Lipinski definition) is 3. The van der Waals surface area contributed by atoms with Crippen molar-refractivity contribution in [1.82, 2.24) is 4.90 Å². The van der Waals surface area contributed by atoms with Crippen molar-refractivity contribution in [3.63, 3.8) is 0 Å². The van der Waals surface area contributed by atoms with Crippen LogP contribution >= 0.6 is 0 Å². The Bertz CT molecular complexity index is 705. The molecule has 0 heterocycles. The van der Waals surface area contributed by atoms with Gasteiger partial charge in [-0.05, 0) is 14.1 Å². The van der Waals surface area contributed by atoms with E-state index in [2.05, 4.69) is 0 Å². The van der Waals surface area contributed by atoms with Gasteiger partial charge in [-0.1, -0.05) is 0 Å². The molecule has 0 unspecified atom stereocenters. The molecule has 0 aromatic heterocycles. The van der Waals surface area contributed by atoms with Crippen molar-refractivity contribution in [1.29, 1.82) is 0 Å². The van der Waals surface area contributed by atoms with Crippen LogP contribution in [0, 0.1) is 0 Å². The average Bonchev–Trinajstić information content (AvgIpc) is 2.55. The maximum absolute atomic E-state index is 13.6. The number of nitrogens with zero attached hydrogens (tertiary/aromatic N) is 1. The molecule has 0 saturated carbocycles. The molecule has 0 spiro atoms. The highest BCUT2D eigenvalue weighted by Gasteiger charge is 2.90. The van der Waals surface area contributed by atoms with Gasteiger partial charge in [-0.2, -0.15) is 65.5 Å². The van der Waals surface area contributed by atoms with Crippen molar-refractivity contribution >= 4 is 10.0 Å². The highest BCUT2D eigenvalue weighted by atomic mass is 32.2. The lowest BCUT2D eigenvalue weighted by Gasteiger charge is -2.39. The summed E-state index contributed by atoms with van der Waals surface area (Å²) in [5.41, 5.74) is 0. The monoisotopic (exact) mass is 513 g/mol. The molecule has 0 radical (unpaired) electrons. The molecule has 0 saturated heterocycles. The maximum Gasteiger partial charge on any atom is 0.460 e. The van der Waals surface area contributed by atoms with Gasteiger partial charge in [-0.3, -0.25) is 0 Å². The summed E-state index contributed by atoms with van der Waals surface area (Å²) in [6.07, 6.45) is -10.1. The molecule has 4 nitrogen and oxygen atoms in total. The van der Waals surface area contributed by atoms with Crippen LogP contribution in [0.15, 0.2) is 0 Å². The Morgan fingerprint density at radius 2 is 1.13 bits per heavy atom. The zero-order valence-corrected chi connectivity index (χ0v) is 16.5. The number of nitrogens with two attached hydrogens (primary N) is 1. The molecule has 0 fully saturated rings. The molecule has 0 rings (SSSR count). The molecule has 18 heteroatoms. The summed E-state index contributed by atoms with van der Waals surface area (Å²) in [4.78, 5) is 1.58. The van der Waals surface area contributed by atoms with Gasteiger partial charge in [0.1, 0.15) is 5.75 Å². The van der Waals surface area contributed by atoms with Gasteiger partial charge in [0, 0.05) is 19.4 Å². The number of halogens is 13. The summed E-state index contributed by atoms with van der Waals surface area (Å²) in [5, 5.41) is 0. The molecule has 31 heavy (non-hydrogen) atoms. The zero-order valence-electron chi connectivity index (χ0n) is 15.7. The quantitative estimate of drug-likeness (QED) is 0.323. The number of alkyl halides is 13. The van der Waals surface area contributed by atoms with E-state index < -0.39 is 58.0 Å². The molecule has 0 atom stereocenters. The molecular formula is C13H18F13N2O2S+. The highest BCUT2D eigenvalue weighted by Crippen LogP contribution is 2.60. The molecule has 0 aliphatic heterocycles. The van der Waals surface area contributed by atoms with Gasteiger partial charge in [0.15, 0.2) is 0 Å². The third-order valence-corrected chi connectivity index (χ3v) is 5.40. The molecule has 0 amide bonds. The van der Waals surface area contributed by atoms with Crippen molar-refractivity contribution in [2.24, 2.45) is 0 Å². The third kappa shape index (κ3) is 6.06. The van der Waals surface area contributed by atoms with Gasteiger partial charge in [0.2, 0.25) is 0 Å².